The van der Waals surface area contributed by atoms with Crippen LogP contribution >= 0.6 is 0 Å². The summed E-state index contributed by atoms with van der Waals surface area (Å²) in [7, 11) is 2.12. The first-order valence-corrected chi connectivity index (χ1v) is 7.76. The Kier molecular flexibility index (Phi) is 4.07. The summed E-state index contributed by atoms with van der Waals surface area (Å²) in [4.78, 5) is 0. The van der Waals surface area contributed by atoms with Crippen LogP contribution in [0, 0.1) is 5.92 Å². The fourth-order valence-electron chi connectivity index (χ4n) is 3.47. The molecule has 1 aromatic carbocycles. The third kappa shape index (κ3) is 2.94. The lowest BCUT2D eigenvalue weighted by Gasteiger charge is -2.33. The van der Waals surface area contributed by atoms with E-state index in [0.29, 0.717) is 12.0 Å². The molecule has 1 saturated carbocycles. The molecule has 2 unspecified atom stereocenters. The molecule has 2 nitrogen and oxygen atoms in total. The van der Waals surface area contributed by atoms with E-state index in [1.807, 2.05) is 0 Å². The van der Waals surface area contributed by atoms with Crippen molar-refractivity contribution in [2.24, 2.45) is 5.92 Å². The van der Waals surface area contributed by atoms with E-state index in [2.05, 4.69) is 36.6 Å². The molecule has 0 saturated heterocycles. The van der Waals surface area contributed by atoms with Crippen molar-refractivity contribution in [1.29, 1.82) is 0 Å². The van der Waals surface area contributed by atoms with Crippen LogP contribution in [0.1, 0.15) is 50.0 Å². The SMILES string of the molecule is CNC(CC1CCC1)CC1CCOc2ccccc21. The summed E-state index contributed by atoms with van der Waals surface area (Å²) >= 11 is 0. The second-order valence-electron chi connectivity index (χ2n) is 6.13. The Morgan fingerprint density at radius 1 is 1.21 bits per heavy atom. The molecule has 1 aliphatic carbocycles. The molecule has 1 fully saturated rings. The van der Waals surface area contributed by atoms with Crippen LogP contribution in [0.3, 0.4) is 0 Å². The van der Waals surface area contributed by atoms with Gasteiger partial charge in [-0.15, -0.1) is 0 Å². The molecular weight excluding hydrogens is 234 g/mol. The lowest BCUT2D eigenvalue weighted by Crippen LogP contribution is -2.32. The van der Waals surface area contributed by atoms with Gasteiger partial charge in [-0.25, -0.2) is 0 Å². The van der Waals surface area contributed by atoms with Gasteiger partial charge in [-0.2, -0.15) is 0 Å². The van der Waals surface area contributed by atoms with Crippen molar-refractivity contribution in [3.63, 3.8) is 0 Å². The molecule has 2 atom stereocenters. The van der Waals surface area contributed by atoms with Crippen LogP contribution in [0.2, 0.25) is 0 Å². The Balaban J connectivity index is 1.65. The number of hydrogen-bond donors (Lipinski definition) is 1. The molecule has 1 aromatic rings. The maximum absolute atomic E-state index is 5.76. The predicted molar refractivity (Wildman–Crippen MR) is 78.7 cm³/mol. The summed E-state index contributed by atoms with van der Waals surface area (Å²) in [5.74, 6) is 2.76. The highest BCUT2D eigenvalue weighted by molar-refractivity contribution is 5.37. The minimum atomic E-state index is 0.668. The third-order valence-electron chi connectivity index (χ3n) is 4.90. The average molecular weight is 259 g/mol. The van der Waals surface area contributed by atoms with Gasteiger partial charge in [0.1, 0.15) is 5.75 Å². The van der Waals surface area contributed by atoms with E-state index < -0.39 is 0 Å². The molecule has 3 rings (SSSR count). The smallest absolute Gasteiger partial charge is 0.122 e. The molecule has 0 aromatic heterocycles. The number of benzene rings is 1. The van der Waals surface area contributed by atoms with E-state index in [1.165, 1.54) is 44.1 Å². The molecule has 2 heteroatoms. The lowest BCUT2D eigenvalue weighted by atomic mass is 9.78. The standard InChI is InChI=1S/C17H25NO/c1-18-15(11-13-5-4-6-13)12-14-9-10-19-17-8-3-2-7-16(14)17/h2-3,7-8,13-15,18H,4-6,9-12H2,1H3. The van der Waals surface area contributed by atoms with Gasteiger partial charge in [0.05, 0.1) is 6.61 Å². The Labute approximate surface area is 116 Å². The largest absolute Gasteiger partial charge is 0.493 e. The van der Waals surface area contributed by atoms with Gasteiger partial charge in [0, 0.05) is 6.04 Å². The van der Waals surface area contributed by atoms with Crippen LogP contribution < -0.4 is 10.1 Å². The molecule has 0 amide bonds. The molecule has 1 N–H and O–H groups in total. The van der Waals surface area contributed by atoms with Gasteiger partial charge >= 0.3 is 0 Å². The highest BCUT2D eigenvalue weighted by Crippen LogP contribution is 2.38. The van der Waals surface area contributed by atoms with Gasteiger partial charge in [0.2, 0.25) is 0 Å². The minimum Gasteiger partial charge on any atom is -0.493 e. The highest BCUT2D eigenvalue weighted by atomic mass is 16.5. The fourth-order valence-corrected chi connectivity index (χ4v) is 3.47. The molecule has 19 heavy (non-hydrogen) atoms. The first-order chi connectivity index (χ1) is 9.36. The highest BCUT2D eigenvalue weighted by Gasteiger charge is 2.26. The van der Waals surface area contributed by atoms with Gasteiger partial charge in [-0.1, -0.05) is 37.5 Å². The van der Waals surface area contributed by atoms with Crippen molar-refractivity contribution in [1.82, 2.24) is 5.32 Å². The number of rotatable bonds is 5. The van der Waals surface area contributed by atoms with Gasteiger partial charge in [-0.3, -0.25) is 0 Å². The van der Waals surface area contributed by atoms with Crippen LogP contribution in [0.4, 0.5) is 0 Å². The third-order valence-corrected chi connectivity index (χ3v) is 4.90. The van der Waals surface area contributed by atoms with Crippen LogP contribution in [-0.4, -0.2) is 19.7 Å². The molecule has 0 radical (unpaired) electrons. The van der Waals surface area contributed by atoms with E-state index in [-0.39, 0.29) is 0 Å². The van der Waals surface area contributed by atoms with Crippen LogP contribution in [0.5, 0.6) is 5.75 Å². The van der Waals surface area contributed by atoms with E-state index in [9.17, 15) is 0 Å². The molecule has 0 bridgehead atoms. The van der Waals surface area contributed by atoms with Crippen molar-refractivity contribution < 1.29 is 4.74 Å². The van der Waals surface area contributed by atoms with Crippen molar-refractivity contribution in [3.05, 3.63) is 29.8 Å². The topological polar surface area (TPSA) is 21.3 Å². The van der Waals surface area contributed by atoms with Gasteiger partial charge in [-0.05, 0) is 49.8 Å². The number of para-hydroxylation sites is 1. The summed E-state index contributed by atoms with van der Waals surface area (Å²) in [5, 5.41) is 3.54. The number of nitrogens with one attached hydrogen (secondary N) is 1. The van der Waals surface area contributed by atoms with E-state index >= 15 is 0 Å². The fraction of sp³-hybridized carbons (Fsp3) is 0.647. The number of fused-ring (bicyclic) bond motifs is 1. The summed E-state index contributed by atoms with van der Waals surface area (Å²) in [6, 6.07) is 9.24. The second kappa shape index (κ2) is 5.96. The molecule has 0 spiro atoms. The summed E-state index contributed by atoms with van der Waals surface area (Å²) in [6.07, 6.45) is 8.12. The average Bonchev–Trinajstić information content (AvgIpc) is 2.41. The molecule has 104 valence electrons. The van der Waals surface area contributed by atoms with E-state index in [4.69, 9.17) is 4.74 Å². The van der Waals surface area contributed by atoms with E-state index in [1.54, 1.807) is 0 Å². The minimum absolute atomic E-state index is 0.668. The predicted octanol–water partition coefficient (Wildman–Crippen LogP) is 3.72. The molecular formula is C17H25NO. The van der Waals surface area contributed by atoms with E-state index in [0.717, 1.165) is 18.3 Å². The zero-order valence-electron chi connectivity index (χ0n) is 11.9. The molecule has 1 aliphatic heterocycles. The Bertz CT molecular complexity index is 413. The van der Waals surface area contributed by atoms with Crippen molar-refractivity contribution in [2.75, 3.05) is 13.7 Å². The zero-order valence-corrected chi connectivity index (χ0v) is 11.9. The molecule has 1 heterocycles. The maximum atomic E-state index is 5.76. The quantitative estimate of drug-likeness (QED) is 0.870. The van der Waals surface area contributed by atoms with Gasteiger partial charge in [0.15, 0.2) is 0 Å². The second-order valence-corrected chi connectivity index (χ2v) is 6.13. The zero-order chi connectivity index (χ0) is 13.1. The summed E-state index contributed by atoms with van der Waals surface area (Å²) in [6.45, 7) is 0.877. The monoisotopic (exact) mass is 259 g/mol. The lowest BCUT2D eigenvalue weighted by molar-refractivity contribution is 0.229. The van der Waals surface area contributed by atoms with Crippen LogP contribution in [0.25, 0.3) is 0 Å². The van der Waals surface area contributed by atoms with Gasteiger partial charge < -0.3 is 10.1 Å². The van der Waals surface area contributed by atoms with Crippen LogP contribution in [0.15, 0.2) is 24.3 Å². The van der Waals surface area contributed by atoms with Gasteiger partial charge in [0.25, 0.3) is 0 Å². The molecule has 2 aliphatic rings. The summed E-state index contributed by atoms with van der Waals surface area (Å²) in [5.41, 5.74) is 1.42. The van der Waals surface area contributed by atoms with Crippen LogP contribution in [-0.2, 0) is 0 Å². The Hall–Kier alpha value is -1.02. The van der Waals surface area contributed by atoms with Crippen molar-refractivity contribution in [3.8, 4) is 5.75 Å². The summed E-state index contributed by atoms with van der Waals surface area (Å²) < 4.78 is 5.76. The Morgan fingerprint density at radius 3 is 2.79 bits per heavy atom. The normalized spacial score (nSPS) is 24.2. The number of ether oxygens (including phenoxy) is 1. The Morgan fingerprint density at radius 2 is 2.05 bits per heavy atom. The van der Waals surface area contributed by atoms with Crippen molar-refractivity contribution in [2.45, 2.75) is 50.5 Å². The first kappa shape index (κ1) is 13.0. The van der Waals surface area contributed by atoms with Crippen molar-refractivity contribution >= 4 is 0 Å². The maximum Gasteiger partial charge on any atom is 0.122 e. The number of hydrogen-bond acceptors (Lipinski definition) is 2. The first-order valence-electron chi connectivity index (χ1n) is 7.76.